The Morgan fingerprint density at radius 3 is 2.63 bits per heavy atom. The summed E-state index contributed by atoms with van der Waals surface area (Å²) in [7, 11) is 4.02. The molecule has 0 saturated heterocycles. The Kier molecular flexibility index (Phi) is 7.86. The van der Waals surface area contributed by atoms with E-state index in [1.54, 1.807) is 10.6 Å². The zero-order valence-corrected chi connectivity index (χ0v) is 17.7. The Balaban J connectivity index is 2.22. The van der Waals surface area contributed by atoms with E-state index < -0.39 is 0 Å². The van der Waals surface area contributed by atoms with Crippen LogP contribution in [0, 0.1) is 5.92 Å². The zero-order valence-electron chi connectivity index (χ0n) is 16.9. The molecule has 0 aliphatic carbocycles. The second-order valence-electron chi connectivity index (χ2n) is 7.41. The van der Waals surface area contributed by atoms with Crippen LogP contribution >= 0.6 is 11.8 Å². The predicted molar refractivity (Wildman–Crippen MR) is 112 cm³/mol. The number of rotatable bonds is 9. The molecule has 2 rings (SSSR count). The predicted octanol–water partition coefficient (Wildman–Crippen LogP) is 2.60. The third-order valence-electron chi connectivity index (χ3n) is 4.53. The van der Waals surface area contributed by atoms with Crippen LogP contribution in [0.5, 0.6) is 0 Å². The van der Waals surface area contributed by atoms with Gasteiger partial charge < -0.3 is 10.2 Å². The van der Waals surface area contributed by atoms with Gasteiger partial charge in [-0.3, -0.25) is 14.2 Å². The SMILES string of the molecule is CC(C)[C@H](C)NC(=O)CSc1nc2ccccc2c(=O)n1CCCN(C)C. The van der Waals surface area contributed by atoms with Crippen LogP contribution < -0.4 is 10.9 Å². The van der Waals surface area contributed by atoms with E-state index in [0.29, 0.717) is 28.5 Å². The third-order valence-corrected chi connectivity index (χ3v) is 5.51. The Hall–Kier alpha value is -1.86. The molecule has 0 spiro atoms. The number of thioether (sulfide) groups is 1. The molecular formula is C20H30N4O2S. The molecule has 7 heteroatoms. The summed E-state index contributed by atoms with van der Waals surface area (Å²) in [4.78, 5) is 31.9. The summed E-state index contributed by atoms with van der Waals surface area (Å²) in [6.45, 7) is 7.62. The lowest BCUT2D eigenvalue weighted by molar-refractivity contribution is -0.119. The van der Waals surface area contributed by atoms with Gasteiger partial charge in [0.2, 0.25) is 5.91 Å². The highest BCUT2D eigenvalue weighted by Crippen LogP contribution is 2.18. The van der Waals surface area contributed by atoms with Crippen molar-refractivity contribution in [2.45, 2.75) is 44.9 Å². The van der Waals surface area contributed by atoms with Gasteiger partial charge in [0.05, 0.1) is 16.7 Å². The molecule has 1 aromatic carbocycles. The first-order valence-electron chi connectivity index (χ1n) is 9.36. The molecule has 0 unspecified atom stereocenters. The molecule has 1 N–H and O–H groups in total. The van der Waals surface area contributed by atoms with Crippen molar-refractivity contribution >= 4 is 28.6 Å². The Labute approximate surface area is 165 Å². The first-order chi connectivity index (χ1) is 12.8. The number of carbonyl (C=O) groups excluding carboxylic acids is 1. The van der Waals surface area contributed by atoms with Crippen LogP contribution in [0.1, 0.15) is 27.2 Å². The number of benzene rings is 1. The monoisotopic (exact) mass is 390 g/mol. The number of hydrogen-bond acceptors (Lipinski definition) is 5. The lowest BCUT2D eigenvalue weighted by atomic mass is 10.1. The normalized spacial score (nSPS) is 12.7. The molecule has 0 aliphatic rings. The molecule has 1 aromatic heterocycles. The molecule has 1 amide bonds. The van der Waals surface area contributed by atoms with Gasteiger partial charge >= 0.3 is 0 Å². The van der Waals surface area contributed by atoms with Crippen molar-refractivity contribution in [3.8, 4) is 0 Å². The highest BCUT2D eigenvalue weighted by Gasteiger charge is 2.15. The van der Waals surface area contributed by atoms with Crippen molar-refractivity contribution in [2.24, 2.45) is 5.92 Å². The topological polar surface area (TPSA) is 67.2 Å². The van der Waals surface area contributed by atoms with E-state index >= 15 is 0 Å². The summed E-state index contributed by atoms with van der Waals surface area (Å²) in [6, 6.07) is 7.48. The first-order valence-corrected chi connectivity index (χ1v) is 10.3. The Morgan fingerprint density at radius 1 is 1.26 bits per heavy atom. The average molecular weight is 391 g/mol. The molecule has 0 saturated carbocycles. The number of carbonyl (C=O) groups is 1. The number of hydrogen-bond donors (Lipinski definition) is 1. The van der Waals surface area contributed by atoms with Crippen LogP contribution in [0.15, 0.2) is 34.2 Å². The first kappa shape index (κ1) is 21.4. The second kappa shape index (κ2) is 9.90. The number of nitrogens with one attached hydrogen (secondary N) is 1. The number of aromatic nitrogens is 2. The number of fused-ring (bicyclic) bond motifs is 1. The minimum absolute atomic E-state index is 0.0385. The zero-order chi connectivity index (χ0) is 20.0. The van der Waals surface area contributed by atoms with Gasteiger partial charge in [0.1, 0.15) is 0 Å². The lowest BCUT2D eigenvalue weighted by Gasteiger charge is -2.18. The molecule has 0 radical (unpaired) electrons. The highest BCUT2D eigenvalue weighted by molar-refractivity contribution is 7.99. The van der Waals surface area contributed by atoms with E-state index in [-0.39, 0.29) is 23.3 Å². The maximum Gasteiger partial charge on any atom is 0.262 e. The highest BCUT2D eigenvalue weighted by atomic mass is 32.2. The van der Waals surface area contributed by atoms with Crippen molar-refractivity contribution in [3.63, 3.8) is 0 Å². The molecule has 0 fully saturated rings. The molecule has 0 bridgehead atoms. The van der Waals surface area contributed by atoms with Crippen molar-refractivity contribution in [3.05, 3.63) is 34.6 Å². The van der Waals surface area contributed by atoms with Crippen LogP contribution in [0.4, 0.5) is 0 Å². The van der Waals surface area contributed by atoms with Crippen LogP contribution in [0.3, 0.4) is 0 Å². The van der Waals surface area contributed by atoms with Gasteiger partial charge in [-0.15, -0.1) is 0 Å². The smallest absolute Gasteiger partial charge is 0.262 e. The van der Waals surface area contributed by atoms with E-state index in [4.69, 9.17) is 0 Å². The largest absolute Gasteiger partial charge is 0.353 e. The quantitative estimate of drug-likeness (QED) is 0.527. The van der Waals surface area contributed by atoms with Gasteiger partial charge in [-0.05, 0) is 52.0 Å². The summed E-state index contributed by atoms with van der Waals surface area (Å²) < 4.78 is 1.70. The van der Waals surface area contributed by atoms with E-state index in [1.807, 2.05) is 39.2 Å². The molecule has 1 atom stereocenters. The van der Waals surface area contributed by atoms with Crippen LogP contribution in [0.25, 0.3) is 10.9 Å². The summed E-state index contributed by atoms with van der Waals surface area (Å²) in [6.07, 6.45) is 0.844. The van der Waals surface area contributed by atoms with E-state index in [0.717, 1.165) is 13.0 Å². The summed E-state index contributed by atoms with van der Waals surface area (Å²) in [5.74, 6) is 0.584. The van der Waals surface area contributed by atoms with Gasteiger partial charge in [-0.2, -0.15) is 0 Å². The van der Waals surface area contributed by atoms with Crippen molar-refractivity contribution in [1.82, 2.24) is 19.8 Å². The molecular weight excluding hydrogens is 360 g/mol. The number of nitrogens with zero attached hydrogens (tertiary/aromatic N) is 3. The fourth-order valence-electron chi connectivity index (χ4n) is 2.59. The van der Waals surface area contributed by atoms with E-state index in [2.05, 4.69) is 29.0 Å². The fraction of sp³-hybridized carbons (Fsp3) is 0.550. The maximum atomic E-state index is 12.9. The summed E-state index contributed by atoms with van der Waals surface area (Å²) in [5.41, 5.74) is 0.627. The minimum atomic E-state index is -0.0437. The molecule has 27 heavy (non-hydrogen) atoms. The van der Waals surface area contributed by atoms with Crippen LogP contribution in [-0.4, -0.2) is 52.8 Å². The second-order valence-corrected chi connectivity index (χ2v) is 8.36. The van der Waals surface area contributed by atoms with Crippen molar-refractivity contribution < 1.29 is 4.79 Å². The summed E-state index contributed by atoms with van der Waals surface area (Å²) in [5, 5.41) is 4.21. The lowest BCUT2D eigenvalue weighted by Crippen LogP contribution is -2.37. The molecule has 6 nitrogen and oxygen atoms in total. The minimum Gasteiger partial charge on any atom is -0.353 e. The van der Waals surface area contributed by atoms with Crippen LogP contribution in [-0.2, 0) is 11.3 Å². The molecule has 2 aromatic rings. The Bertz CT molecular complexity index is 832. The van der Waals surface area contributed by atoms with Gasteiger partial charge in [-0.25, -0.2) is 4.98 Å². The summed E-state index contributed by atoms with van der Waals surface area (Å²) >= 11 is 1.32. The van der Waals surface area contributed by atoms with Gasteiger partial charge in [0, 0.05) is 12.6 Å². The average Bonchev–Trinajstić information content (AvgIpc) is 2.61. The molecule has 1 heterocycles. The molecule has 148 valence electrons. The van der Waals surface area contributed by atoms with Gasteiger partial charge in [0.15, 0.2) is 5.16 Å². The van der Waals surface area contributed by atoms with E-state index in [9.17, 15) is 9.59 Å². The number of para-hydroxylation sites is 1. The standard InChI is InChI=1S/C20H30N4O2S/c1-14(2)15(3)21-18(25)13-27-20-22-17-10-7-6-9-16(17)19(26)24(20)12-8-11-23(4)5/h6-7,9-10,14-15H,8,11-13H2,1-5H3,(H,21,25)/t15-/m0/s1. The van der Waals surface area contributed by atoms with Crippen molar-refractivity contribution in [2.75, 3.05) is 26.4 Å². The van der Waals surface area contributed by atoms with E-state index in [1.165, 1.54) is 11.8 Å². The molecule has 0 aliphatic heterocycles. The van der Waals surface area contributed by atoms with Crippen molar-refractivity contribution in [1.29, 1.82) is 0 Å². The fourth-order valence-corrected chi connectivity index (χ4v) is 3.43. The Morgan fingerprint density at radius 2 is 1.96 bits per heavy atom. The van der Waals surface area contributed by atoms with Crippen LogP contribution in [0.2, 0.25) is 0 Å². The van der Waals surface area contributed by atoms with Gasteiger partial charge in [-0.1, -0.05) is 37.7 Å². The maximum absolute atomic E-state index is 12.9. The van der Waals surface area contributed by atoms with Gasteiger partial charge in [0.25, 0.3) is 5.56 Å². The number of amides is 1. The third kappa shape index (κ3) is 6.07.